The van der Waals surface area contributed by atoms with Crippen molar-refractivity contribution in [1.29, 1.82) is 0 Å². The minimum absolute atomic E-state index is 0.0167. The third kappa shape index (κ3) is 2.87. The highest BCUT2D eigenvalue weighted by molar-refractivity contribution is 5.94. The summed E-state index contributed by atoms with van der Waals surface area (Å²) in [7, 11) is 0. The van der Waals surface area contributed by atoms with E-state index in [0.29, 0.717) is 0 Å². The Morgan fingerprint density at radius 3 is 2.79 bits per heavy atom. The molecule has 1 amide bonds. The molecular weight excluding hydrogens is 174 g/mol. The fraction of sp³-hybridized carbons (Fsp3) is 0.417. The van der Waals surface area contributed by atoms with Gasteiger partial charge < -0.3 is 5.32 Å². The molecule has 0 bridgehead atoms. The molecule has 2 nitrogen and oxygen atoms in total. The Morgan fingerprint density at radius 2 is 2.21 bits per heavy atom. The van der Waals surface area contributed by atoms with Crippen molar-refractivity contribution in [3.63, 3.8) is 0 Å². The Hall–Kier alpha value is -1.31. The molecule has 1 rings (SSSR count). The van der Waals surface area contributed by atoms with Gasteiger partial charge in [-0.25, -0.2) is 0 Å². The molecule has 1 atom stereocenters. The summed E-state index contributed by atoms with van der Waals surface area (Å²) in [4.78, 5) is 11.7. The number of benzene rings is 1. The maximum absolute atomic E-state index is 11.7. The van der Waals surface area contributed by atoms with Crippen LogP contribution in [0.25, 0.3) is 0 Å². The van der Waals surface area contributed by atoms with Gasteiger partial charge >= 0.3 is 0 Å². The summed E-state index contributed by atoms with van der Waals surface area (Å²) >= 11 is 0. The molecule has 0 radical (unpaired) electrons. The van der Waals surface area contributed by atoms with Crippen LogP contribution in [0.3, 0.4) is 0 Å². The zero-order chi connectivity index (χ0) is 10.6. The first-order valence-electron chi connectivity index (χ1n) is 5.01. The predicted octanol–water partition coefficient (Wildman–Crippen LogP) is 2.52. The molecular formula is C12H17NO. The molecule has 0 aliphatic heterocycles. The fourth-order valence-corrected chi connectivity index (χ4v) is 1.20. The van der Waals surface area contributed by atoms with Crippen molar-refractivity contribution < 1.29 is 4.79 Å². The van der Waals surface area contributed by atoms with E-state index in [1.807, 2.05) is 38.1 Å². The molecule has 14 heavy (non-hydrogen) atoms. The first kappa shape index (κ1) is 10.8. The molecule has 0 heterocycles. The van der Waals surface area contributed by atoms with Gasteiger partial charge in [0.25, 0.3) is 5.91 Å². The van der Waals surface area contributed by atoms with Crippen molar-refractivity contribution in [2.24, 2.45) is 0 Å². The van der Waals surface area contributed by atoms with E-state index in [-0.39, 0.29) is 11.9 Å². The maximum atomic E-state index is 11.7. The second kappa shape index (κ2) is 4.80. The van der Waals surface area contributed by atoms with E-state index in [2.05, 4.69) is 12.2 Å². The van der Waals surface area contributed by atoms with E-state index in [9.17, 15) is 4.79 Å². The predicted molar refractivity (Wildman–Crippen MR) is 58.4 cm³/mol. The molecule has 0 aromatic heterocycles. The number of hydrogen-bond acceptors (Lipinski definition) is 1. The zero-order valence-electron chi connectivity index (χ0n) is 9.00. The van der Waals surface area contributed by atoms with Crippen LogP contribution in [0.15, 0.2) is 24.3 Å². The van der Waals surface area contributed by atoms with Gasteiger partial charge in [0.2, 0.25) is 0 Å². The van der Waals surface area contributed by atoms with Crippen LogP contribution in [0, 0.1) is 6.92 Å². The van der Waals surface area contributed by atoms with Crippen LogP contribution in [0.1, 0.15) is 36.2 Å². The number of rotatable bonds is 3. The van der Waals surface area contributed by atoms with E-state index in [1.54, 1.807) is 0 Å². The first-order valence-corrected chi connectivity index (χ1v) is 5.01. The highest BCUT2D eigenvalue weighted by Gasteiger charge is 2.07. The van der Waals surface area contributed by atoms with Gasteiger partial charge in [-0.05, 0) is 32.4 Å². The van der Waals surface area contributed by atoms with Gasteiger partial charge in [0.1, 0.15) is 0 Å². The lowest BCUT2D eigenvalue weighted by atomic mass is 10.1. The van der Waals surface area contributed by atoms with Crippen molar-refractivity contribution in [2.45, 2.75) is 33.2 Å². The van der Waals surface area contributed by atoms with Crippen molar-refractivity contribution >= 4 is 5.91 Å². The van der Waals surface area contributed by atoms with Crippen LogP contribution in [-0.2, 0) is 0 Å². The molecule has 0 aliphatic rings. The van der Waals surface area contributed by atoms with Gasteiger partial charge in [0, 0.05) is 11.6 Å². The Balaban J connectivity index is 2.70. The molecule has 0 aliphatic carbocycles. The van der Waals surface area contributed by atoms with Gasteiger partial charge in [-0.3, -0.25) is 4.79 Å². The Morgan fingerprint density at radius 1 is 1.50 bits per heavy atom. The van der Waals surface area contributed by atoms with Gasteiger partial charge in [-0.1, -0.05) is 24.6 Å². The molecule has 0 spiro atoms. The average molecular weight is 191 g/mol. The molecule has 2 heteroatoms. The number of nitrogens with one attached hydrogen (secondary N) is 1. The summed E-state index contributed by atoms with van der Waals surface area (Å²) in [6.07, 6.45) is 0.956. The Kier molecular flexibility index (Phi) is 3.69. The topological polar surface area (TPSA) is 29.1 Å². The lowest BCUT2D eigenvalue weighted by Gasteiger charge is -2.11. The van der Waals surface area contributed by atoms with Gasteiger partial charge in [0.15, 0.2) is 0 Å². The van der Waals surface area contributed by atoms with Crippen LogP contribution < -0.4 is 5.32 Å². The summed E-state index contributed by atoms with van der Waals surface area (Å²) in [5.74, 6) is 0.0167. The van der Waals surface area contributed by atoms with Gasteiger partial charge in [-0.2, -0.15) is 0 Å². The molecule has 1 aromatic carbocycles. The maximum Gasteiger partial charge on any atom is 0.251 e. The monoisotopic (exact) mass is 191 g/mol. The summed E-state index contributed by atoms with van der Waals surface area (Å²) in [6, 6.07) is 7.87. The van der Waals surface area contributed by atoms with Gasteiger partial charge in [-0.15, -0.1) is 0 Å². The number of amides is 1. The van der Waals surface area contributed by atoms with Crippen LogP contribution in [0.5, 0.6) is 0 Å². The third-order valence-electron chi connectivity index (χ3n) is 2.27. The van der Waals surface area contributed by atoms with Crippen molar-refractivity contribution in [3.05, 3.63) is 35.4 Å². The van der Waals surface area contributed by atoms with E-state index < -0.39 is 0 Å². The minimum atomic E-state index is 0.0167. The summed E-state index contributed by atoms with van der Waals surface area (Å²) in [5, 5.41) is 2.93. The quantitative estimate of drug-likeness (QED) is 0.781. The lowest BCUT2D eigenvalue weighted by molar-refractivity contribution is 0.0939. The summed E-state index contributed by atoms with van der Waals surface area (Å²) < 4.78 is 0. The highest BCUT2D eigenvalue weighted by Crippen LogP contribution is 2.04. The minimum Gasteiger partial charge on any atom is -0.350 e. The molecule has 0 saturated carbocycles. The Labute approximate surface area is 85.3 Å². The number of carbonyl (C=O) groups excluding carboxylic acids is 1. The highest BCUT2D eigenvalue weighted by atomic mass is 16.1. The van der Waals surface area contributed by atoms with Crippen LogP contribution in [0.2, 0.25) is 0 Å². The average Bonchev–Trinajstić information content (AvgIpc) is 2.17. The molecule has 0 saturated heterocycles. The van der Waals surface area contributed by atoms with Crippen molar-refractivity contribution in [1.82, 2.24) is 5.32 Å². The SMILES string of the molecule is CCC(C)NC(=O)c1cccc(C)c1. The van der Waals surface area contributed by atoms with Crippen LogP contribution in [0.4, 0.5) is 0 Å². The number of hydrogen-bond donors (Lipinski definition) is 1. The van der Waals surface area contributed by atoms with Crippen molar-refractivity contribution in [3.8, 4) is 0 Å². The second-order valence-corrected chi connectivity index (χ2v) is 3.65. The lowest BCUT2D eigenvalue weighted by Crippen LogP contribution is -2.31. The molecule has 1 unspecified atom stereocenters. The standard InChI is InChI=1S/C12H17NO/c1-4-10(3)13-12(14)11-7-5-6-9(2)8-11/h5-8,10H,4H2,1-3H3,(H,13,14). The molecule has 76 valence electrons. The number of carbonyl (C=O) groups is 1. The molecule has 1 aromatic rings. The van der Waals surface area contributed by atoms with E-state index in [4.69, 9.17) is 0 Å². The first-order chi connectivity index (χ1) is 6.63. The molecule has 0 fully saturated rings. The Bertz CT molecular complexity index is 320. The fourth-order valence-electron chi connectivity index (χ4n) is 1.20. The van der Waals surface area contributed by atoms with Crippen LogP contribution in [-0.4, -0.2) is 11.9 Å². The smallest absolute Gasteiger partial charge is 0.251 e. The van der Waals surface area contributed by atoms with Crippen molar-refractivity contribution in [2.75, 3.05) is 0 Å². The van der Waals surface area contributed by atoms with E-state index >= 15 is 0 Å². The third-order valence-corrected chi connectivity index (χ3v) is 2.27. The van der Waals surface area contributed by atoms with E-state index in [1.165, 1.54) is 0 Å². The number of aryl methyl sites for hydroxylation is 1. The van der Waals surface area contributed by atoms with Gasteiger partial charge in [0.05, 0.1) is 0 Å². The summed E-state index contributed by atoms with van der Waals surface area (Å²) in [5.41, 5.74) is 1.85. The summed E-state index contributed by atoms with van der Waals surface area (Å²) in [6.45, 7) is 6.05. The second-order valence-electron chi connectivity index (χ2n) is 3.65. The molecule has 1 N–H and O–H groups in total. The van der Waals surface area contributed by atoms with E-state index in [0.717, 1.165) is 17.5 Å². The largest absolute Gasteiger partial charge is 0.350 e. The van der Waals surface area contributed by atoms with Crippen LogP contribution >= 0.6 is 0 Å². The normalized spacial score (nSPS) is 12.2. The zero-order valence-corrected chi connectivity index (χ0v) is 9.00.